The van der Waals surface area contributed by atoms with Gasteiger partial charge in [0.1, 0.15) is 18.3 Å². The number of nitrogens with one attached hydrogen (secondary N) is 1. The van der Waals surface area contributed by atoms with Crippen LogP contribution in [0.2, 0.25) is 10.0 Å². The number of nitrogens with zero attached hydrogens (tertiary/aromatic N) is 2. The lowest BCUT2D eigenvalue weighted by Gasteiger charge is -2.33. The largest absolute Gasteiger partial charge is 0.495 e. The molecule has 0 radical (unpaired) electrons. The van der Waals surface area contributed by atoms with Gasteiger partial charge < -0.3 is 24.4 Å². The van der Waals surface area contributed by atoms with Crippen LogP contribution in [-0.2, 0) is 26.2 Å². The molecule has 1 atom stereocenters. The normalized spacial score (nSPS) is 14.2. The van der Waals surface area contributed by atoms with E-state index in [1.165, 1.54) is 56.6 Å². The average molecular weight is 693 g/mol. The molecule has 1 saturated carbocycles. The number of amides is 2. The number of ether oxygens (including phenoxy) is 3. The third kappa shape index (κ3) is 8.37. The molecule has 1 fully saturated rings. The van der Waals surface area contributed by atoms with Crippen LogP contribution in [0.3, 0.4) is 0 Å². The summed E-state index contributed by atoms with van der Waals surface area (Å²) in [6, 6.07) is 14.6. The van der Waals surface area contributed by atoms with Gasteiger partial charge in [-0.3, -0.25) is 13.9 Å². The highest BCUT2D eigenvalue weighted by molar-refractivity contribution is 7.92. The number of methoxy groups -OCH3 is 3. The van der Waals surface area contributed by atoms with Crippen LogP contribution in [0.1, 0.15) is 44.6 Å². The number of benzene rings is 3. The molecule has 13 heteroatoms. The van der Waals surface area contributed by atoms with Crippen molar-refractivity contribution < 1.29 is 32.2 Å². The second kappa shape index (κ2) is 15.8. The fourth-order valence-electron chi connectivity index (χ4n) is 5.41. The Kier molecular flexibility index (Phi) is 12.0. The van der Waals surface area contributed by atoms with Crippen LogP contribution in [-0.4, -0.2) is 65.1 Å². The first-order valence-electron chi connectivity index (χ1n) is 14.9. The van der Waals surface area contributed by atoms with E-state index in [-0.39, 0.29) is 45.6 Å². The van der Waals surface area contributed by atoms with E-state index in [9.17, 15) is 18.0 Å². The molecule has 0 aliphatic heterocycles. The molecular formula is C33H39Cl2N3O7S. The van der Waals surface area contributed by atoms with E-state index in [2.05, 4.69) is 5.32 Å². The number of anilines is 1. The third-order valence-electron chi connectivity index (χ3n) is 8.02. The molecule has 4 rings (SSSR count). The Labute approximate surface area is 280 Å². The Hall–Kier alpha value is -3.67. The van der Waals surface area contributed by atoms with Gasteiger partial charge in [-0.1, -0.05) is 54.6 Å². The van der Waals surface area contributed by atoms with Crippen LogP contribution < -0.4 is 23.8 Å². The molecular weight excluding hydrogens is 653 g/mol. The summed E-state index contributed by atoms with van der Waals surface area (Å²) >= 11 is 12.4. The van der Waals surface area contributed by atoms with E-state index in [4.69, 9.17) is 37.4 Å². The van der Waals surface area contributed by atoms with Crippen LogP contribution in [0.5, 0.6) is 17.2 Å². The van der Waals surface area contributed by atoms with Crippen molar-refractivity contribution in [2.45, 2.75) is 62.6 Å². The van der Waals surface area contributed by atoms with Crippen molar-refractivity contribution in [1.29, 1.82) is 0 Å². The summed E-state index contributed by atoms with van der Waals surface area (Å²) in [5, 5.41) is 3.84. The molecule has 3 aromatic carbocycles. The monoisotopic (exact) mass is 691 g/mol. The van der Waals surface area contributed by atoms with E-state index in [1.807, 2.05) is 0 Å². The quantitative estimate of drug-likeness (QED) is 0.231. The van der Waals surface area contributed by atoms with Crippen molar-refractivity contribution in [3.8, 4) is 17.2 Å². The first kappa shape index (κ1) is 35.2. The van der Waals surface area contributed by atoms with Crippen molar-refractivity contribution in [2.75, 3.05) is 32.2 Å². The van der Waals surface area contributed by atoms with Gasteiger partial charge in [0.05, 0.1) is 31.9 Å². The molecule has 248 valence electrons. The van der Waals surface area contributed by atoms with Crippen LogP contribution >= 0.6 is 23.2 Å². The van der Waals surface area contributed by atoms with Crippen LogP contribution in [0.4, 0.5) is 5.69 Å². The van der Waals surface area contributed by atoms with E-state index in [0.29, 0.717) is 16.3 Å². The highest BCUT2D eigenvalue weighted by Gasteiger charge is 2.35. The summed E-state index contributed by atoms with van der Waals surface area (Å²) in [6.07, 6.45) is 4.92. The molecule has 0 bridgehead atoms. The zero-order chi connectivity index (χ0) is 33.4. The van der Waals surface area contributed by atoms with Crippen LogP contribution in [0.25, 0.3) is 0 Å². The summed E-state index contributed by atoms with van der Waals surface area (Å²) < 4.78 is 45.8. The third-order valence-corrected chi connectivity index (χ3v) is 10.3. The first-order valence-corrected chi connectivity index (χ1v) is 17.1. The number of rotatable bonds is 13. The van der Waals surface area contributed by atoms with Crippen molar-refractivity contribution >= 4 is 50.7 Å². The zero-order valence-electron chi connectivity index (χ0n) is 26.3. The maximum atomic E-state index is 14.4. The summed E-state index contributed by atoms with van der Waals surface area (Å²) in [4.78, 5) is 29.1. The molecule has 1 aliphatic carbocycles. The number of hydrogen-bond acceptors (Lipinski definition) is 7. The molecule has 0 aromatic heterocycles. The molecule has 0 saturated heterocycles. The molecule has 1 N–H and O–H groups in total. The number of hydrogen-bond donors (Lipinski definition) is 1. The Bertz CT molecular complexity index is 1630. The standard InChI is InChI=1S/C33H39Cl2N3O7S/c1-22(33(40)36-26-8-6-5-7-9-26)37(20-23-10-12-24(34)13-11-23)32(39)21-38(28-18-25(35)14-16-29(28)43-2)46(41,42)27-15-17-30(44-3)31(19-27)45-4/h10-19,22,26H,5-9,20-21H2,1-4H3,(H,36,40)/t22-/m0/s1. The topological polar surface area (TPSA) is 114 Å². The minimum atomic E-state index is -4.44. The van der Waals surface area contributed by atoms with Gasteiger partial charge in [0.15, 0.2) is 11.5 Å². The second-order valence-corrected chi connectivity index (χ2v) is 13.7. The van der Waals surface area contributed by atoms with E-state index in [1.54, 1.807) is 37.3 Å². The molecule has 3 aromatic rings. The van der Waals surface area contributed by atoms with Gasteiger partial charge in [-0.15, -0.1) is 0 Å². The minimum absolute atomic E-state index is 0.0221. The van der Waals surface area contributed by atoms with E-state index in [0.717, 1.165) is 36.4 Å². The smallest absolute Gasteiger partial charge is 0.265 e. The Morgan fingerprint density at radius 1 is 0.848 bits per heavy atom. The summed E-state index contributed by atoms with van der Waals surface area (Å²) in [7, 11) is -0.222. The predicted octanol–water partition coefficient (Wildman–Crippen LogP) is 6.08. The zero-order valence-corrected chi connectivity index (χ0v) is 28.6. The molecule has 1 aliphatic rings. The van der Waals surface area contributed by atoms with Crippen LogP contribution in [0.15, 0.2) is 65.6 Å². The van der Waals surface area contributed by atoms with Crippen molar-refractivity contribution in [1.82, 2.24) is 10.2 Å². The fraction of sp³-hybridized carbons (Fsp3) is 0.394. The maximum Gasteiger partial charge on any atom is 0.265 e. The summed E-state index contributed by atoms with van der Waals surface area (Å²) in [6.45, 7) is 1.01. The summed E-state index contributed by atoms with van der Waals surface area (Å²) in [5.41, 5.74) is 0.758. The van der Waals surface area contributed by atoms with Gasteiger partial charge in [-0.25, -0.2) is 8.42 Å². The number of halogens is 2. The van der Waals surface area contributed by atoms with Gasteiger partial charge in [0.25, 0.3) is 10.0 Å². The van der Waals surface area contributed by atoms with Gasteiger partial charge in [-0.2, -0.15) is 0 Å². The number of carbonyl (C=O) groups excluding carboxylic acids is 2. The molecule has 2 amide bonds. The SMILES string of the molecule is COc1ccc(S(=O)(=O)N(CC(=O)N(Cc2ccc(Cl)cc2)[C@@H](C)C(=O)NC2CCCCC2)c2cc(Cl)ccc2OC)cc1OC. The van der Waals surface area contributed by atoms with Gasteiger partial charge >= 0.3 is 0 Å². The molecule has 46 heavy (non-hydrogen) atoms. The number of carbonyl (C=O) groups is 2. The Morgan fingerprint density at radius 2 is 1.46 bits per heavy atom. The van der Waals surface area contributed by atoms with Gasteiger partial charge in [0.2, 0.25) is 11.8 Å². The van der Waals surface area contributed by atoms with E-state index < -0.39 is 28.5 Å². The lowest BCUT2D eigenvalue weighted by Crippen LogP contribution is -2.53. The lowest BCUT2D eigenvalue weighted by atomic mass is 9.95. The lowest BCUT2D eigenvalue weighted by molar-refractivity contribution is -0.139. The number of sulfonamides is 1. The van der Waals surface area contributed by atoms with Crippen molar-refractivity contribution in [3.05, 3.63) is 76.3 Å². The highest BCUT2D eigenvalue weighted by atomic mass is 35.5. The van der Waals surface area contributed by atoms with Gasteiger partial charge in [-0.05, 0) is 67.8 Å². The van der Waals surface area contributed by atoms with E-state index >= 15 is 0 Å². The first-order chi connectivity index (χ1) is 22.0. The highest BCUT2D eigenvalue weighted by Crippen LogP contribution is 2.37. The molecule has 0 unspecified atom stereocenters. The average Bonchev–Trinajstić information content (AvgIpc) is 3.06. The Morgan fingerprint density at radius 3 is 2.09 bits per heavy atom. The van der Waals surface area contributed by atoms with Gasteiger partial charge in [0, 0.05) is 28.7 Å². The second-order valence-electron chi connectivity index (χ2n) is 11.0. The predicted molar refractivity (Wildman–Crippen MR) is 179 cm³/mol. The van der Waals surface area contributed by atoms with Crippen LogP contribution in [0, 0.1) is 0 Å². The summed E-state index contributed by atoms with van der Waals surface area (Å²) in [5.74, 6) is -0.244. The van der Waals surface area contributed by atoms with Crippen molar-refractivity contribution in [2.24, 2.45) is 0 Å². The van der Waals surface area contributed by atoms with Crippen molar-refractivity contribution in [3.63, 3.8) is 0 Å². The molecule has 0 heterocycles. The maximum absolute atomic E-state index is 14.4. The minimum Gasteiger partial charge on any atom is -0.495 e. The Balaban J connectivity index is 1.76. The molecule has 10 nitrogen and oxygen atoms in total. The molecule has 0 spiro atoms. The fourth-order valence-corrected chi connectivity index (χ4v) is 7.14.